The van der Waals surface area contributed by atoms with Crippen molar-refractivity contribution in [1.82, 2.24) is 5.32 Å². The molecule has 6 heteroatoms. The van der Waals surface area contributed by atoms with E-state index in [1.165, 1.54) is 21.1 Å². The van der Waals surface area contributed by atoms with Gasteiger partial charge in [0.1, 0.15) is 0 Å². The zero-order chi connectivity index (χ0) is 18.8. The monoisotopic (exact) mass is 343 g/mol. The number of ether oxygens (including phenoxy) is 2. The van der Waals surface area contributed by atoms with E-state index in [9.17, 15) is 14.4 Å². The molecular weight excluding hydrogens is 322 g/mol. The lowest BCUT2D eigenvalue weighted by Gasteiger charge is -2.38. The Morgan fingerprint density at radius 1 is 1.00 bits per heavy atom. The van der Waals surface area contributed by atoms with Gasteiger partial charge < -0.3 is 14.8 Å². The molecule has 0 aliphatic carbocycles. The summed E-state index contributed by atoms with van der Waals surface area (Å²) in [7, 11) is 2.46. The molecule has 0 saturated heterocycles. The van der Waals surface area contributed by atoms with Crippen LogP contribution in [0.1, 0.15) is 26.3 Å². The quantitative estimate of drug-likeness (QED) is 0.665. The van der Waals surface area contributed by atoms with Gasteiger partial charge in [-0.15, -0.1) is 0 Å². The molecule has 1 atom stereocenters. The summed E-state index contributed by atoms with van der Waals surface area (Å²) in [6.07, 6.45) is 0. The van der Waals surface area contributed by atoms with Crippen LogP contribution in [0.4, 0.5) is 0 Å². The van der Waals surface area contributed by atoms with Gasteiger partial charge in [-0.1, -0.05) is 30.3 Å². The van der Waals surface area contributed by atoms with Crippen LogP contribution in [0.5, 0.6) is 0 Å². The maximum Gasteiger partial charge on any atom is 0.343 e. The number of dihydropyridines is 1. The maximum atomic E-state index is 12.5. The second kappa shape index (κ2) is 6.93. The van der Waals surface area contributed by atoms with Gasteiger partial charge in [0.2, 0.25) is 5.54 Å². The van der Waals surface area contributed by atoms with E-state index in [-0.39, 0.29) is 11.1 Å². The molecule has 0 radical (unpaired) electrons. The molecule has 25 heavy (non-hydrogen) atoms. The highest BCUT2D eigenvalue weighted by Gasteiger charge is 2.51. The van der Waals surface area contributed by atoms with Crippen molar-refractivity contribution in [3.05, 3.63) is 52.7 Å². The third-order valence-corrected chi connectivity index (χ3v) is 4.41. The number of hydrogen-bond donors (Lipinski definition) is 1. The van der Waals surface area contributed by atoms with Crippen molar-refractivity contribution in [3.63, 3.8) is 0 Å². The molecule has 1 aromatic rings. The molecular formula is C19H21NO5. The number of hydrogen-bond acceptors (Lipinski definition) is 6. The molecule has 1 aliphatic heterocycles. The minimum absolute atomic E-state index is 0.186. The van der Waals surface area contributed by atoms with Gasteiger partial charge in [0, 0.05) is 11.3 Å². The molecule has 0 amide bonds. The first-order valence-electron chi connectivity index (χ1n) is 7.75. The Bertz CT molecular complexity index is 791. The van der Waals surface area contributed by atoms with Crippen molar-refractivity contribution in [2.45, 2.75) is 26.3 Å². The number of ketones is 1. The average Bonchev–Trinajstić information content (AvgIpc) is 2.61. The highest BCUT2D eigenvalue weighted by Crippen LogP contribution is 2.39. The molecule has 1 aliphatic rings. The standard InChI is InChI=1S/C19H21NO5/c1-11-15(17(22)24-4)16(14-9-7-6-8-10-14)12(2)20-19(11,13(3)21)18(23)25-5/h6-10,20H,1-5H3/t19-/m1/s1. The number of esters is 2. The summed E-state index contributed by atoms with van der Waals surface area (Å²) in [5.74, 6) is -1.86. The number of methoxy groups -OCH3 is 2. The minimum Gasteiger partial charge on any atom is -0.467 e. The fourth-order valence-corrected chi connectivity index (χ4v) is 3.18. The molecule has 1 aromatic carbocycles. The van der Waals surface area contributed by atoms with Gasteiger partial charge in [0.05, 0.1) is 19.8 Å². The average molecular weight is 343 g/mol. The molecule has 0 bridgehead atoms. The van der Waals surface area contributed by atoms with Gasteiger partial charge in [0.15, 0.2) is 5.78 Å². The largest absolute Gasteiger partial charge is 0.467 e. The fraction of sp³-hybridized carbons (Fsp3) is 0.316. The van der Waals surface area contributed by atoms with E-state index >= 15 is 0 Å². The number of Topliss-reactive ketones (excluding diaryl/α,β-unsaturated/α-hetero) is 1. The van der Waals surface area contributed by atoms with Gasteiger partial charge >= 0.3 is 11.9 Å². The van der Waals surface area contributed by atoms with Crippen molar-refractivity contribution in [3.8, 4) is 0 Å². The zero-order valence-electron chi connectivity index (χ0n) is 14.9. The summed E-state index contributed by atoms with van der Waals surface area (Å²) < 4.78 is 9.77. The summed E-state index contributed by atoms with van der Waals surface area (Å²) >= 11 is 0. The van der Waals surface area contributed by atoms with E-state index in [0.29, 0.717) is 11.3 Å². The number of rotatable bonds is 4. The normalized spacial score (nSPS) is 20.0. The number of carbonyl (C=O) groups is 3. The molecule has 132 valence electrons. The lowest BCUT2D eigenvalue weighted by atomic mass is 9.76. The second-order valence-corrected chi connectivity index (χ2v) is 5.78. The molecule has 1 N–H and O–H groups in total. The van der Waals surface area contributed by atoms with Crippen molar-refractivity contribution in [1.29, 1.82) is 0 Å². The van der Waals surface area contributed by atoms with Crippen molar-refractivity contribution in [2.75, 3.05) is 14.2 Å². The van der Waals surface area contributed by atoms with Crippen LogP contribution in [-0.2, 0) is 23.9 Å². The Kier molecular flexibility index (Phi) is 5.11. The van der Waals surface area contributed by atoms with E-state index in [1.54, 1.807) is 13.8 Å². The summed E-state index contributed by atoms with van der Waals surface area (Å²) in [5.41, 5.74) is 0.562. The van der Waals surface area contributed by atoms with E-state index < -0.39 is 23.3 Å². The summed E-state index contributed by atoms with van der Waals surface area (Å²) in [5, 5.41) is 2.98. The first-order chi connectivity index (χ1) is 11.8. The van der Waals surface area contributed by atoms with Crippen molar-refractivity contribution < 1.29 is 23.9 Å². The number of nitrogens with one attached hydrogen (secondary N) is 1. The summed E-state index contributed by atoms with van der Waals surface area (Å²) in [4.78, 5) is 37.4. The van der Waals surface area contributed by atoms with Gasteiger partial charge in [-0.2, -0.15) is 0 Å². The SMILES string of the molecule is COC(=O)C1=C(C)[C@@](C(C)=O)(C(=O)OC)NC(C)=C1c1ccccc1. The topological polar surface area (TPSA) is 81.7 Å². The van der Waals surface area contributed by atoms with Gasteiger partial charge in [0.25, 0.3) is 0 Å². The third kappa shape index (κ3) is 2.84. The Morgan fingerprint density at radius 2 is 1.60 bits per heavy atom. The smallest absolute Gasteiger partial charge is 0.343 e. The fourth-order valence-electron chi connectivity index (χ4n) is 3.18. The molecule has 0 fully saturated rings. The Morgan fingerprint density at radius 3 is 2.08 bits per heavy atom. The number of carbonyl (C=O) groups excluding carboxylic acids is 3. The maximum absolute atomic E-state index is 12.5. The van der Waals surface area contributed by atoms with Crippen LogP contribution in [0.2, 0.25) is 0 Å². The van der Waals surface area contributed by atoms with Crippen molar-refractivity contribution in [2.24, 2.45) is 0 Å². The predicted octanol–water partition coefficient (Wildman–Crippen LogP) is 2.01. The van der Waals surface area contributed by atoms with Gasteiger partial charge in [-0.25, -0.2) is 9.59 Å². The zero-order valence-corrected chi connectivity index (χ0v) is 14.9. The first-order valence-corrected chi connectivity index (χ1v) is 7.75. The van der Waals surface area contributed by atoms with Crippen LogP contribution in [0, 0.1) is 0 Å². The van der Waals surface area contributed by atoms with E-state index in [4.69, 9.17) is 9.47 Å². The summed E-state index contributed by atoms with van der Waals surface area (Å²) in [6.45, 7) is 4.55. The Balaban J connectivity index is 2.83. The van der Waals surface area contributed by atoms with E-state index in [1.807, 2.05) is 30.3 Å². The van der Waals surface area contributed by atoms with E-state index in [0.717, 1.165) is 5.56 Å². The molecule has 0 unspecified atom stereocenters. The van der Waals surface area contributed by atoms with Crippen molar-refractivity contribution >= 4 is 23.3 Å². The molecule has 2 rings (SSSR count). The highest BCUT2D eigenvalue weighted by atomic mass is 16.5. The lowest BCUT2D eigenvalue weighted by Crippen LogP contribution is -2.60. The molecule has 0 saturated carbocycles. The van der Waals surface area contributed by atoms with Crippen LogP contribution in [0.3, 0.4) is 0 Å². The van der Waals surface area contributed by atoms with Crippen LogP contribution in [-0.4, -0.2) is 37.5 Å². The predicted molar refractivity (Wildman–Crippen MR) is 92.3 cm³/mol. The van der Waals surface area contributed by atoms with Gasteiger partial charge in [-0.05, 0) is 31.9 Å². The number of allylic oxidation sites excluding steroid dienone is 1. The summed E-state index contributed by atoms with van der Waals surface area (Å²) in [6, 6.07) is 9.23. The number of benzene rings is 1. The minimum atomic E-state index is -1.75. The Hall–Kier alpha value is -2.89. The highest BCUT2D eigenvalue weighted by molar-refractivity contribution is 6.17. The first kappa shape index (κ1) is 18.4. The van der Waals surface area contributed by atoms with Crippen LogP contribution in [0.25, 0.3) is 5.57 Å². The van der Waals surface area contributed by atoms with Crippen LogP contribution >= 0.6 is 0 Å². The molecule has 0 aromatic heterocycles. The van der Waals surface area contributed by atoms with E-state index in [2.05, 4.69) is 5.32 Å². The lowest BCUT2D eigenvalue weighted by molar-refractivity contribution is -0.150. The molecule has 0 spiro atoms. The second-order valence-electron chi connectivity index (χ2n) is 5.78. The van der Waals surface area contributed by atoms with Crippen LogP contribution < -0.4 is 5.32 Å². The Labute approximate surface area is 146 Å². The molecule has 1 heterocycles. The van der Waals surface area contributed by atoms with Crippen LogP contribution in [0.15, 0.2) is 47.2 Å². The third-order valence-electron chi connectivity index (χ3n) is 4.41. The molecule has 6 nitrogen and oxygen atoms in total. The van der Waals surface area contributed by atoms with Gasteiger partial charge in [-0.3, -0.25) is 4.79 Å².